The molecule has 3 heteroatoms. The quantitative estimate of drug-likeness (QED) is 0.510. The van der Waals surface area contributed by atoms with Crippen molar-refractivity contribution >= 4 is 19.0 Å². The van der Waals surface area contributed by atoms with Gasteiger partial charge in [-0.15, -0.1) is 0 Å². The second-order valence-electron chi connectivity index (χ2n) is 3.62. The molecule has 0 radical (unpaired) electrons. The standard InChI is InChI=1S/C6H9NOS.C4H10/c9-7-5-6-3-1-2-4-8-6;1-4(2)3/h2,4-6,9H,1,3H2;4H,1-3H3/b7-5+;. The first-order chi connectivity index (χ1) is 6.16. The van der Waals surface area contributed by atoms with Gasteiger partial charge in [-0.3, -0.25) is 0 Å². The van der Waals surface area contributed by atoms with Gasteiger partial charge in [0, 0.05) is 0 Å². The maximum atomic E-state index is 5.14. The van der Waals surface area contributed by atoms with E-state index in [1.165, 1.54) is 0 Å². The molecule has 1 atom stereocenters. The third-order valence-corrected chi connectivity index (χ3v) is 1.33. The molecule has 0 aliphatic carbocycles. The van der Waals surface area contributed by atoms with Crippen LogP contribution in [0.1, 0.15) is 33.6 Å². The second kappa shape index (κ2) is 8.17. The summed E-state index contributed by atoms with van der Waals surface area (Å²) in [5.41, 5.74) is 0. The molecule has 0 amide bonds. The summed E-state index contributed by atoms with van der Waals surface area (Å²) in [6.07, 6.45) is 7.65. The third kappa shape index (κ3) is 9.47. The van der Waals surface area contributed by atoms with E-state index in [9.17, 15) is 0 Å². The van der Waals surface area contributed by atoms with Crippen LogP contribution in [0.25, 0.3) is 0 Å². The van der Waals surface area contributed by atoms with Crippen molar-refractivity contribution in [3.05, 3.63) is 12.3 Å². The first-order valence-corrected chi connectivity index (χ1v) is 5.04. The minimum atomic E-state index is 0.146. The summed E-state index contributed by atoms with van der Waals surface area (Å²) < 4.78 is 8.71. The van der Waals surface area contributed by atoms with Gasteiger partial charge in [0.15, 0.2) is 0 Å². The molecule has 0 saturated carbocycles. The molecule has 0 N–H and O–H groups in total. The van der Waals surface area contributed by atoms with Crippen LogP contribution in [0.2, 0.25) is 0 Å². The van der Waals surface area contributed by atoms with Crippen LogP contribution in [0.3, 0.4) is 0 Å². The average Bonchev–Trinajstić information content (AvgIpc) is 2.06. The maximum Gasteiger partial charge on any atom is 0.134 e. The van der Waals surface area contributed by atoms with E-state index in [2.05, 4.69) is 38.0 Å². The number of thiol groups is 1. The van der Waals surface area contributed by atoms with Crippen molar-refractivity contribution in [2.75, 3.05) is 0 Å². The summed E-state index contributed by atoms with van der Waals surface area (Å²) in [5.74, 6) is 0.833. The highest BCUT2D eigenvalue weighted by Gasteiger charge is 2.05. The Morgan fingerprint density at radius 1 is 1.54 bits per heavy atom. The van der Waals surface area contributed by atoms with E-state index in [-0.39, 0.29) is 6.10 Å². The number of hydrogen-bond donors (Lipinski definition) is 1. The highest BCUT2D eigenvalue weighted by molar-refractivity contribution is 7.78. The summed E-state index contributed by atoms with van der Waals surface area (Å²) in [4.78, 5) is 0. The van der Waals surface area contributed by atoms with Gasteiger partial charge in [0.25, 0.3) is 0 Å². The fraction of sp³-hybridized carbons (Fsp3) is 0.700. The Morgan fingerprint density at radius 3 is 2.54 bits per heavy atom. The van der Waals surface area contributed by atoms with Crippen molar-refractivity contribution < 1.29 is 4.74 Å². The second-order valence-corrected chi connectivity index (χ2v) is 3.85. The Balaban J connectivity index is 0.000000310. The molecule has 13 heavy (non-hydrogen) atoms. The molecule has 1 rings (SSSR count). The molecule has 76 valence electrons. The van der Waals surface area contributed by atoms with Crippen molar-refractivity contribution in [2.24, 2.45) is 10.3 Å². The molecule has 2 nitrogen and oxygen atoms in total. The molecule has 1 aliphatic heterocycles. The highest BCUT2D eigenvalue weighted by Crippen LogP contribution is 2.07. The van der Waals surface area contributed by atoms with Gasteiger partial charge < -0.3 is 4.74 Å². The summed E-state index contributed by atoms with van der Waals surface area (Å²) in [7, 11) is 0. The van der Waals surface area contributed by atoms with Crippen molar-refractivity contribution in [3.63, 3.8) is 0 Å². The van der Waals surface area contributed by atoms with Crippen LogP contribution < -0.4 is 0 Å². The van der Waals surface area contributed by atoms with Gasteiger partial charge in [-0.2, -0.15) is 0 Å². The Bertz CT molecular complexity index is 164. The lowest BCUT2D eigenvalue weighted by Gasteiger charge is -2.13. The Labute approximate surface area is 86.6 Å². The zero-order valence-corrected chi connectivity index (χ0v) is 9.50. The fourth-order valence-corrected chi connectivity index (χ4v) is 0.886. The molecule has 0 saturated heterocycles. The summed E-state index contributed by atoms with van der Waals surface area (Å²) in [6, 6.07) is 0. The van der Waals surface area contributed by atoms with Crippen LogP contribution in [0, 0.1) is 5.92 Å². The van der Waals surface area contributed by atoms with Crippen molar-refractivity contribution in [1.29, 1.82) is 0 Å². The Kier molecular flexibility index (Phi) is 7.90. The number of rotatable bonds is 1. The molecule has 0 aromatic rings. The van der Waals surface area contributed by atoms with Crippen molar-refractivity contribution in [2.45, 2.75) is 39.7 Å². The minimum absolute atomic E-state index is 0.146. The third-order valence-electron chi connectivity index (χ3n) is 1.20. The van der Waals surface area contributed by atoms with Gasteiger partial charge in [-0.1, -0.05) is 20.8 Å². The molecule has 0 aromatic carbocycles. The van der Waals surface area contributed by atoms with Crippen molar-refractivity contribution in [1.82, 2.24) is 0 Å². The van der Waals surface area contributed by atoms with Gasteiger partial charge in [0.1, 0.15) is 6.10 Å². The van der Waals surface area contributed by atoms with Crippen LogP contribution >= 0.6 is 12.8 Å². The molecule has 0 spiro atoms. The molecular weight excluding hydrogens is 182 g/mol. The van der Waals surface area contributed by atoms with Gasteiger partial charge in [-0.05, 0) is 37.7 Å². The Hall–Kier alpha value is -0.440. The van der Waals surface area contributed by atoms with Crippen LogP contribution in [0.4, 0.5) is 0 Å². The van der Waals surface area contributed by atoms with E-state index in [1.807, 2.05) is 6.08 Å². The Morgan fingerprint density at radius 2 is 2.15 bits per heavy atom. The fourth-order valence-electron chi connectivity index (χ4n) is 0.737. The summed E-state index contributed by atoms with van der Waals surface area (Å²) in [5, 5.41) is 0. The largest absolute Gasteiger partial charge is 0.493 e. The maximum absolute atomic E-state index is 5.14. The molecular formula is C10H19NOS. The van der Waals surface area contributed by atoms with E-state index in [1.54, 1.807) is 12.5 Å². The lowest BCUT2D eigenvalue weighted by molar-refractivity contribution is 0.185. The molecule has 0 aromatic heterocycles. The lowest BCUT2D eigenvalue weighted by Crippen LogP contribution is -2.12. The molecule has 1 aliphatic rings. The average molecular weight is 201 g/mol. The zero-order chi connectivity index (χ0) is 10.1. The molecule has 1 heterocycles. The van der Waals surface area contributed by atoms with Crippen molar-refractivity contribution in [3.8, 4) is 0 Å². The lowest BCUT2D eigenvalue weighted by atomic mass is 10.2. The summed E-state index contributed by atoms with van der Waals surface area (Å²) in [6.45, 7) is 6.50. The van der Waals surface area contributed by atoms with Crippen LogP contribution in [0.15, 0.2) is 16.7 Å². The highest BCUT2D eigenvalue weighted by atomic mass is 32.1. The van der Waals surface area contributed by atoms with Gasteiger partial charge in [-0.25, -0.2) is 4.40 Å². The normalized spacial score (nSPS) is 21.2. The van der Waals surface area contributed by atoms with Crippen LogP contribution in [-0.2, 0) is 4.74 Å². The molecule has 0 bridgehead atoms. The number of ether oxygens (including phenoxy) is 1. The van der Waals surface area contributed by atoms with Crippen LogP contribution in [-0.4, -0.2) is 12.3 Å². The number of allylic oxidation sites excluding steroid dienone is 1. The first kappa shape index (κ1) is 12.6. The predicted octanol–water partition coefficient (Wildman–Crippen LogP) is 3.26. The van der Waals surface area contributed by atoms with E-state index in [0.29, 0.717) is 0 Å². The number of hydrogen-bond acceptors (Lipinski definition) is 3. The van der Waals surface area contributed by atoms with E-state index < -0.39 is 0 Å². The zero-order valence-electron chi connectivity index (χ0n) is 8.60. The van der Waals surface area contributed by atoms with E-state index in [4.69, 9.17) is 4.74 Å². The topological polar surface area (TPSA) is 21.6 Å². The van der Waals surface area contributed by atoms with E-state index in [0.717, 1.165) is 18.8 Å². The van der Waals surface area contributed by atoms with Crippen LogP contribution in [0.5, 0.6) is 0 Å². The predicted molar refractivity (Wildman–Crippen MR) is 61.2 cm³/mol. The monoisotopic (exact) mass is 201 g/mol. The first-order valence-electron chi connectivity index (χ1n) is 4.64. The molecule has 1 unspecified atom stereocenters. The van der Waals surface area contributed by atoms with Gasteiger partial charge in [0.2, 0.25) is 0 Å². The SMILES string of the molecule is CC(C)C.S/N=C/C1CCC=CO1. The summed E-state index contributed by atoms with van der Waals surface area (Å²) >= 11 is 3.70. The smallest absolute Gasteiger partial charge is 0.134 e. The van der Waals surface area contributed by atoms with Gasteiger partial charge in [0.05, 0.1) is 12.5 Å². The molecule has 0 fully saturated rings. The number of nitrogens with zero attached hydrogens (tertiary/aromatic N) is 1. The van der Waals surface area contributed by atoms with Gasteiger partial charge >= 0.3 is 0 Å². The van der Waals surface area contributed by atoms with E-state index >= 15 is 0 Å². The minimum Gasteiger partial charge on any atom is -0.493 e.